The van der Waals surface area contributed by atoms with Gasteiger partial charge in [-0.3, -0.25) is 4.84 Å². The summed E-state index contributed by atoms with van der Waals surface area (Å²) in [6.07, 6.45) is 6.70. The van der Waals surface area contributed by atoms with Gasteiger partial charge in [-0.2, -0.15) is 5.06 Å². The monoisotopic (exact) mass is 247 g/mol. The van der Waals surface area contributed by atoms with E-state index in [1.165, 1.54) is 11.3 Å². The summed E-state index contributed by atoms with van der Waals surface area (Å²) in [5, 5.41) is 1.39. The third-order valence-electron chi connectivity index (χ3n) is 2.96. The van der Waals surface area contributed by atoms with Crippen LogP contribution in [0.3, 0.4) is 0 Å². The summed E-state index contributed by atoms with van der Waals surface area (Å²) < 4.78 is 5.26. The van der Waals surface area contributed by atoms with Crippen LogP contribution in [-0.2, 0) is 4.84 Å². The Kier molecular flexibility index (Phi) is 2.64. The molecule has 94 valence electrons. The van der Waals surface area contributed by atoms with Crippen molar-refractivity contribution in [2.75, 3.05) is 19.7 Å². The van der Waals surface area contributed by atoms with Gasteiger partial charge in [-0.1, -0.05) is 6.08 Å². The van der Waals surface area contributed by atoms with E-state index in [9.17, 15) is 4.79 Å². The first-order valence-electron chi connectivity index (χ1n) is 5.72. The van der Waals surface area contributed by atoms with Crippen LogP contribution in [0.4, 0.5) is 4.79 Å². The maximum Gasteiger partial charge on any atom is 0.344 e. The van der Waals surface area contributed by atoms with Gasteiger partial charge in [0.05, 0.1) is 25.4 Å². The molecule has 2 aliphatic rings. The first-order valence-corrected chi connectivity index (χ1v) is 5.72. The Bertz CT molecular complexity index is 495. The van der Waals surface area contributed by atoms with Crippen molar-refractivity contribution >= 4 is 11.6 Å². The second kappa shape index (κ2) is 4.30. The van der Waals surface area contributed by atoms with Crippen LogP contribution in [0.15, 0.2) is 35.6 Å². The van der Waals surface area contributed by atoms with Crippen LogP contribution in [0.1, 0.15) is 5.89 Å². The summed E-state index contributed by atoms with van der Waals surface area (Å²) >= 11 is 0. The molecule has 1 aromatic rings. The SMILES string of the molecule is C=CCON1C(=O)N2CC(c3ncco3)=C[C@@H]1C2. The van der Waals surface area contributed by atoms with Gasteiger partial charge >= 0.3 is 6.03 Å². The van der Waals surface area contributed by atoms with E-state index in [2.05, 4.69) is 11.6 Å². The smallest absolute Gasteiger partial charge is 0.344 e. The summed E-state index contributed by atoms with van der Waals surface area (Å²) in [5.41, 5.74) is 0.911. The first kappa shape index (κ1) is 11.0. The van der Waals surface area contributed by atoms with E-state index in [1.54, 1.807) is 17.2 Å². The highest BCUT2D eigenvalue weighted by molar-refractivity contribution is 5.81. The zero-order valence-electron chi connectivity index (χ0n) is 9.78. The first-order chi connectivity index (χ1) is 8.79. The number of hydrogen-bond donors (Lipinski definition) is 0. The predicted octanol–water partition coefficient (Wildman–Crippen LogP) is 1.30. The van der Waals surface area contributed by atoms with Gasteiger partial charge in [0.25, 0.3) is 0 Å². The number of fused-ring (bicyclic) bond motifs is 2. The minimum atomic E-state index is -0.125. The fraction of sp³-hybridized carbons (Fsp3) is 0.333. The van der Waals surface area contributed by atoms with Gasteiger partial charge in [0.2, 0.25) is 5.89 Å². The van der Waals surface area contributed by atoms with Crippen LogP contribution >= 0.6 is 0 Å². The van der Waals surface area contributed by atoms with Crippen molar-refractivity contribution in [3.63, 3.8) is 0 Å². The average Bonchev–Trinajstić information content (AvgIpc) is 2.98. The Labute approximate surface area is 104 Å². The normalized spacial score (nSPS) is 22.3. The molecule has 2 amide bonds. The molecule has 3 heterocycles. The van der Waals surface area contributed by atoms with Crippen molar-refractivity contribution < 1.29 is 14.0 Å². The number of hydrogen-bond acceptors (Lipinski definition) is 4. The van der Waals surface area contributed by atoms with Crippen molar-refractivity contribution in [1.29, 1.82) is 0 Å². The Morgan fingerprint density at radius 1 is 1.67 bits per heavy atom. The number of oxazole rings is 1. The van der Waals surface area contributed by atoms with E-state index < -0.39 is 0 Å². The fourth-order valence-corrected chi connectivity index (χ4v) is 2.21. The molecule has 1 fully saturated rings. The largest absolute Gasteiger partial charge is 0.445 e. The molecule has 1 atom stereocenters. The summed E-state index contributed by atoms with van der Waals surface area (Å²) in [6, 6.07) is -0.215. The van der Waals surface area contributed by atoms with Gasteiger partial charge in [0.15, 0.2) is 0 Å². The van der Waals surface area contributed by atoms with Gasteiger partial charge < -0.3 is 9.32 Å². The number of amides is 2. The highest BCUT2D eigenvalue weighted by Gasteiger charge is 2.41. The molecular formula is C12H13N3O3. The van der Waals surface area contributed by atoms with Crippen LogP contribution in [0.2, 0.25) is 0 Å². The van der Waals surface area contributed by atoms with Gasteiger partial charge in [-0.25, -0.2) is 9.78 Å². The van der Waals surface area contributed by atoms with Gasteiger partial charge in [-0.15, -0.1) is 6.58 Å². The van der Waals surface area contributed by atoms with E-state index in [1.807, 2.05) is 6.08 Å². The Balaban J connectivity index is 1.83. The predicted molar refractivity (Wildman–Crippen MR) is 63.2 cm³/mol. The maximum atomic E-state index is 12.0. The van der Waals surface area contributed by atoms with Crippen LogP contribution in [0, 0.1) is 0 Å². The summed E-state index contributed by atoms with van der Waals surface area (Å²) in [4.78, 5) is 23.2. The molecule has 0 N–H and O–H groups in total. The lowest BCUT2D eigenvalue weighted by atomic mass is 10.1. The van der Waals surface area contributed by atoms with Crippen LogP contribution < -0.4 is 0 Å². The third kappa shape index (κ3) is 1.70. The lowest BCUT2D eigenvalue weighted by Gasteiger charge is -2.19. The van der Waals surface area contributed by atoms with Crippen molar-refractivity contribution in [2.24, 2.45) is 0 Å². The van der Waals surface area contributed by atoms with E-state index >= 15 is 0 Å². The molecule has 18 heavy (non-hydrogen) atoms. The molecule has 0 aliphatic carbocycles. The minimum Gasteiger partial charge on any atom is -0.445 e. The molecule has 3 rings (SSSR count). The van der Waals surface area contributed by atoms with Gasteiger partial charge in [-0.05, 0) is 6.08 Å². The molecule has 2 aliphatic heterocycles. The number of rotatable bonds is 4. The Hall–Kier alpha value is -2.08. The van der Waals surface area contributed by atoms with Gasteiger partial charge in [0.1, 0.15) is 6.26 Å². The molecule has 0 radical (unpaired) electrons. The van der Waals surface area contributed by atoms with E-state index in [-0.39, 0.29) is 12.1 Å². The van der Waals surface area contributed by atoms with Gasteiger partial charge in [0, 0.05) is 12.1 Å². The molecule has 6 heteroatoms. The number of urea groups is 1. The zero-order chi connectivity index (χ0) is 12.5. The molecule has 0 aromatic carbocycles. The number of hydroxylamine groups is 2. The topological polar surface area (TPSA) is 58.8 Å². The van der Waals surface area contributed by atoms with Crippen LogP contribution in [0.5, 0.6) is 0 Å². The van der Waals surface area contributed by atoms with E-state index in [0.29, 0.717) is 25.6 Å². The molecule has 2 bridgehead atoms. The van der Waals surface area contributed by atoms with Crippen molar-refractivity contribution in [2.45, 2.75) is 6.04 Å². The standard InChI is InChI=1S/C12H13N3O3/c1-2-4-18-15-10-6-9(11-13-3-5-17-11)7-14(8-10)12(15)16/h2-3,5-6,10H,1,4,7-8H2/t10-/m1/s1. The summed E-state index contributed by atoms with van der Waals surface area (Å²) in [7, 11) is 0. The summed E-state index contributed by atoms with van der Waals surface area (Å²) in [6.45, 7) is 5.03. The molecular weight excluding hydrogens is 234 g/mol. The number of carbonyl (C=O) groups is 1. The lowest BCUT2D eigenvalue weighted by molar-refractivity contribution is -0.107. The molecule has 0 unspecified atom stereocenters. The molecule has 1 aromatic heterocycles. The average molecular weight is 247 g/mol. The Morgan fingerprint density at radius 3 is 3.28 bits per heavy atom. The zero-order valence-corrected chi connectivity index (χ0v) is 9.78. The molecule has 6 nitrogen and oxygen atoms in total. The quantitative estimate of drug-likeness (QED) is 0.752. The number of nitrogens with zero attached hydrogens (tertiary/aromatic N) is 3. The van der Waals surface area contributed by atoms with Crippen molar-refractivity contribution in [1.82, 2.24) is 14.9 Å². The third-order valence-corrected chi connectivity index (χ3v) is 2.96. The molecule has 0 spiro atoms. The van der Waals surface area contributed by atoms with Crippen LogP contribution in [-0.4, -0.2) is 46.7 Å². The highest BCUT2D eigenvalue weighted by Crippen LogP contribution is 2.28. The minimum absolute atomic E-state index is 0.0897. The Morgan fingerprint density at radius 2 is 2.56 bits per heavy atom. The maximum absolute atomic E-state index is 12.0. The highest BCUT2D eigenvalue weighted by atomic mass is 16.7. The summed E-state index contributed by atoms with van der Waals surface area (Å²) in [5.74, 6) is 0.558. The lowest BCUT2D eigenvalue weighted by Crippen LogP contribution is -2.33. The molecule has 1 saturated heterocycles. The van der Waals surface area contributed by atoms with E-state index in [0.717, 1.165) is 5.57 Å². The number of carbonyl (C=O) groups excluding carboxylic acids is 1. The van der Waals surface area contributed by atoms with Crippen LogP contribution in [0.25, 0.3) is 5.57 Å². The fourth-order valence-electron chi connectivity index (χ4n) is 2.21. The van der Waals surface area contributed by atoms with E-state index in [4.69, 9.17) is 9.25 Å². The number of aromatic nitrogens is 1. The van der Waals surface area contributed by atoms with Crippen molar-refractivity contribution in [3.05, 3.63) is 37.1 Å². The second-order valence-corrected chi connectivity index (χ2v) is 4.17. The van der Waals surface area contributed by atoms with Crippen molar-refractivity contribution in [3.8, 4) is 0 Å². The second-order valence-electron chi connectivity index (χ2n) is 4.17. The molecule has 0 saturated carbocycles.